The maximum atomic E-state index is 3.82. The number of rotatable bonds is 3. The van der Waals surface area contributed by atoms with E-state index in [0.29, 0.717) is 12.1 Å². The van der Waals surface area contributed by atoms with Crippen LogP contribution in [0.15, 0.2) is 30.3 Å². The molecule has 1 aromatic carbocycles. The van der Waals surface area contributed by atoms with Gasteiger partial charge in [0, 0.05) is 18.1 Å². The van der Waals surface area contributed by atoms with E-state index in [1.54, 1.807) is 0 Å². The molecule has 18 heavy (non-hydrogen) atoms. The Bertz CT molecular complexity index is 376. The number of piperidine rings is 1. The summed E-state index contributed by atoms with van der Waals surface area (Å²) >= 11 is 0. The zero-order chi connectivity index (χ0) is 12.4. The second kappa shape index (κ2) is 5.41. The third-order valence-electron chi connectivity index (χ3n) is 4.61. The Morgan fingerprint density at radius 1 is 1.17 bits per heavy atom. The van der Waals surface area contributed by atoms with Gasteiger partial charge in [-0.1, -0.05) is 30.3 Å². The largest absolute Gasteiger partial charge is 0.307 e. The minimum absolute atomic E-state index is 0.476. The van der Waals surface area contributed by atoms with Gasteiger partial charge in [0.15, 0.2) is 0 Å². The predicted molar refractivity (Wildman–Crippen MR) is 75.6 cm³/mol. The van der Waals surface area contributed by atoms with Crippen LogP contribution in [-0.2, 0) is 0 Å². The van der Waals surface area contributed by atoms with E-state index in [1.807, 2.05) is 0 Å². The number of nitrogens with one attached hydrogen (secondary N) is 1. The molecule has 98 valence electrons. The van der Waals surface area contributed by atoms with Crippen molar-refractivity contribution in [3.8, 4) is 0 Å². The second-order valence-corrected chi connectivity index (χ2v) is 5.85. The minimum Gasteiger partial charge on any atom is -0.307 e. The molecule has 2 aliphatic rings. The van der Waals surface area contributed by atoms with Crippen molar-refractivity contribution in [1.29, 1.82) is 0 Å². The Morgan fingerprint density at radius 3 is 2.83 bits per heavy atom. The lowest BCUT2D eigenvalue weighted by Crippen LogP contribution is -2.46. The highest BCUT2D eigenvalue weighted by molar-refractivity contribution is 5.18. The zero-order valence-corrected chi connectivity index (χ0v) is 11.3. The first-order valence-electron chi connectivity index (χ1n) is 7.38. The second-order valence-electron chi connectivity index (χ2n) is 5.85. The van der Waals surface area contributed by atoms with Crippen LogP contribution < -0.4 is 5.32 Å². The van der Waals surface area contributed by atoms with Gasteiger partial charge >= 0.3 is 0 Å². The van der Waals surface area contributed by atoms with Crippen LogP contribution in [0.25, 0.3) is 0 Å². The van der Waals surface area contributed by atoms with Crippen LogP contribution in [0.2, 0.25) is 0 Å². The van der Waals surface area contributed by atoms with Crippen molar-refractivity contribution in [2.45, 2.75) is 50.7 Å². The molecular formula is C16H24N2. The fourth-order valence-electron chi connectivity index (χ4n) is 3.57. The smallest absolute Gasteiger partial charge is 0.0294 e. The molecule has 0 radical (unpaired) electrons. The molecule has 3 atom stereocenters. The van der Waals surface area contributed by atoms with Gasteiger partial charge in [-0.3, -0.25) is 0 Å². The van der Waals surface area contributed by atoms with E-state index in [-0.39, 0.29) is 0 Å². The molecule has 1 N–H and O–H groups in total. The van der Waals surface area contributed by atoms with Crippen molar-refractivity contribution in [3.63, 3.8) is 0 Å². The fraction of sp³-hybridized carbons (Fsp3) is 0.625. The molecule has 2 heterocycles. The topological polar surface area (TPSA) is 15.3 Å². The summed E-state index contributed by atoms with van der Waals surface area (Å²) in [5, 5.41) is 3.82. The monoisotopic (exact) mass is 244 g/mol. The highest BCUT2D eigenvalue weighted by Crippen LogP contribution is 2.28. The fourth-order valence-corrected chi connectivity index (χ4v) is 3.57. The van der Waals surface area contributed by atoms with Gasteiger partial charge in [0.05, 0.1) is 0 Å². The summed E-state index contributed by atoms with van der Waals surface area (Å²) in [7, 11) is 0. The van der Waals surface area contributed by atoms with Gasteiger partial charge in [0.1, 0.15) is 0 Å². The quantitative estimate of drug-likeness (QED) is 0.879. The van der Waals surface area contributed by atoms with E-state index in [9.17, 15) is 0 Å². The van der Waals surface area contributed by atoms with Crippen molar-refractivity contribution in [2.24, 2.45) is 0 Å². The number of hydrogen-bond donors (Lipinski definition) is 1. The van der Waals surface area contributed by atoms with Crippen LogP contribution in [0, 0.1) is 0 Å². The van der Waals surface area contributed by atoms with Crippen LogP contribution in [0.3, 0.4) is 0 Å². The summed E-state index contributed by atoms with van der Waals surface area (Å²) in [6.07, 6.45) is 5.48. The van der Waals surface area contributed by atoms with Gasteiger partial charge in [-0.05, 0) is 51.3 Å². The van der Waals surface area contributed by atoms with Crippen molar-refractivity contribution >= 4 is 0 Å². The lowest BCUT2D eigenvalue weighted by atomic mass is 9.96. The van der Waals surface area contributed by atoms with Crippen molar-refractivity contribution in [2.75, 3.05) is 13.1 Å². The molecule has 0 aromatic heterocycles. The maximum absolute atomic E-state index is 3.82. The predicted octanol–water partition coefficient (Wildman–Crippen LogP) is 2.96. The summed E-state index contributed by atoms with van der Waals surface area (Å²) in [5.74, 6) is 0. The standard InChI is InChI=1S/C16H24N2/c1-13(14-6-3-2-4-7-14)17-15-9-11-18-10-5-8-16(18)12-15/h2-4,6-7,13,15-17H,5,8-12H2,1H3. The summed E-state index contributed by atoms with van der Waals surface area (Å²) < 4.78 is 0. The number of fused-ring (bicyclic) bond motifs is 1. The van der Waals surface area contributed by atoms with Crippen LogP contribution >= 0.6 is 0 Å². The molecule has 0 saturated carbocycles. The molecular weight excluding hydrogens is 220 g/mol. The molecule has 0 aliphatic carbocycles. The molecule has 3 unspecified atom stereocenters. The van der Waals surface area contributed by atoms with E-state index >= 15 is 0 Å². The highest BCUT2D eigenvalue weighted by Gasteiger charge is 2.31. The number of benzene rings is 1. The summed E-state index contributed by atoms with van der Waals surface area (Å²) in [6.45, 7) is 4.92. The zero-order valence-electron chi connectivity index (χ0n) is 11.3. The first-order valence-corrected chi connectivity index (χ1v) is 7.38. The van der Waals surface area contributed by atoms with Crippen LogP contribution in [0.1, 0.15) is 44.2 Å². The molecule has 1 aromatic rings. The van der Waals surface area contributed by atoms with E-state index in [1.165, 1.54) is 44.3 Å². The van der Waals surface area contributed by atoms with Crippen molar-refractivity contribution in [1.82, 2.24) is 10.2 Å². The van der Waals surface area contributed by atoms with E-state index in [4.69, 9.17) is 0 Å². The van der Waals surface area contributed by atoms with Crippen LogP contribution in [0.5, 0.6) is 0 Å². The normalized spacial score (nSPS) is 30.1. The van der Waals surface area contributed by atoms with E-state index in [0.717, 1.165) is 6.04 Å². The first kappa shape index (κ1) is 12.2. The number of nitrogens with zero attached hydrogens (tertiary/aromatic N) is 1. The Hall–Kier alpha value is -0.860. The molecule has 0 amide bonds. The first-order chi connectivity index (χ1) is 8.83. The van der Waals surface area contributed by atoms with Gasteiger partial charge in [0.25, 0.3) is 0 Å². The van der Waals surface area contributed by atoms with Gasteiger partial charge < -0.3 is 10.2 Å². The molecule has 2 heteroatoms. The van der Waals surface area contributed by atoms with Gasteiger partial charge in [-0.15, -0.1) is 0 Å². The van der Waals surface area contributed by atoms with E-state index < -0.39 is 0 Å². The molecule has 3 rings (SSSR count). The van der Waals surface area contributed by atoms with Crippen LogP contribution in [-0.4, -0.2) is 30.1 Å². The summed E-state index contributed by atoms with van der Waals surface area (Å²) in [4.78, 5) is 2.69. The van der Waals surface area contributed by atoms with Gasteiger partial charge in [0.2, 0.25) is 0 Å². The average Bonchev–Trinajstić information content (AvgIpc) is 2.87. The van der Waals surface area contributed by atoms with Crippen LogP contribution in [0.4, 0.5) is 0 Å². The Balaban J connectivity index is 1.57. The molecule has 0 bridgehead atoms. The Labute approximate surface area is 110 Å². The molecule has 2 saturated heterocycles. The Morgan fingerprint density at radius 2 is 2.00 bits per heavy atom. The van der Waals surface area contributed by atoms with E-state index in [2.05, 4.69) is 47.5 Å². The SMILES string of the molecule is CC(NC1CCN2CCCC2C1)c1ccccc1. The molecule has 2 nitrogen and oxygen atoms in total. The molecule has 0 spiro atoms. The van der Waals surface area contributed by atoms with Crippen molar-refractivity contribution < 1.29 is 0 Å². The minimum atomic E-state index is 0.476. The lowest BCUT2D eigenvalue weighted by molar-refractivity contribution is 0.162. The third-order valence-corrected chi connectivity index (χ3v) is 4.61. The third kappa shape index (κ3) is 2.60. The highest BCUT2D eigenvalue weighted by atomic mass is 15.2. The summed E-state index contributed by atoms with van der Waals surface area (Å²) in [6, 6.07) is 12.8. The number of hydrogen-bond acceptors (Lipinski definition) is 2. The average molecular weight is 244 g/mol. The maximum Gasteiger partial charge on any atom is 0.0294 e. The Kier molecular flexibility index (Phi) is 3.67. The lowest BCUT2D eigenvalue weighted by Gasteiger charge is -2.36. The van der Waals surface area contributed by atoms with Crippen molar-refractivity contribution in [3.05, 3.63) is 35.9 Å². The summed E-state index contributed by atoms with van der Waals surface area (Å²) in [5.41, 5.74) is 1.41. The molecule has 2 fully saturated rings. The van der Waals surface area contributed by atoms with Gasteiger partial charge in [-0.2, -0.15) is 0 Å². The molecule has 2 aliphatic heterocycles. The van der Waals surface area contributed by atoms with Gasteiger partial charge in [-0.25, -0.2) is 0 Å².